The maximum atomic E-state index is 16.0. The van der Waals surface area contributed by atoms with E-state index in [-0.39, 0.29) is 0 Å². The lowest BCUT2D eigenvalue weighted by Crippen LogP contribution is -2.53. The molecule has 0 amide bonds. The molecule has 4 N–H and O–H groups in total. The molecule has 7 aromatic carbocycles. The van der Waals surface area contributed by atoms with Crippen LogP contribution < -0.4 is 30.6 Å². The molecule has 0 saturated carbocycles. The summed E-state index contributed by atoms with van der Waals surface area (Å²) in [5.74, 6) is 1.54. The molecule has 0 aliphatic carbocycles. The zero-order valence-electron chi connectivity index (χ0n) is 40.9. The van der Waals surface area contributed by atoms with Gasteiger partial charge in [0.1, 0.15) is 11.4 Å². The number of hydrogen-bond acceptors (Lipinski definition) is 6. The normalized spacial score (nSPS) is 27.5. The Kier molecular flexibility index (Phi) is 10.7. The van der Waals surface area contributed by atoms with E-state index < -0.39 is 9.29 Å². The van der Waals surface area contributed by atoms with Crippen molar-refractivity contribution in [3.05, 3.63) is 177 Å². The van der Waals surface area contributed by atoms with Gasteiger partial charge in [0.15, 0.2) is 22.7 Å². The highest BCUT2D eigenvalue weighted by Gasteiger charge is 2.48. The van der Waals surface area contributed by atoms with Crippen molar-refractivity contribution in [3.8, 4) is 44.5 Å². The average molecular weight is 925 g/mol. The Balaban J connectivity index is 0.824. The second-order valence-electron chi connectivity index (χ2n) is 21.6. The Hall–Kier alpha value is -5.78. The Bertz CT molecular complexity index is 2940. The minimum absolute atomic E-state index is 0.367. The van der Waals surface area contributed by atoms with E-state index >= 15 is 10.4 Å². The summed E-state index contributed by atoms with van der Waals surface area (Å²) in [5.41, 5.74) is 19.9. The van der Waals surface area contributed by atoms with Gasteiger partial charge in [0.2, 0.25) is 0 Å². The molecule has 8 heteroatoms. The van der Waals surface area contributed by atoms with Crippen molar-refractivity contribution in [2.24, 2.45) is 11.8 Å². The first-order chi connectivity index (χ1) is 34.1. The number of fused-ring (bicyclic) bond motifs is 9. The summed E-state index contributed by atoms with van der Waals surface area (Å²) in [4.78, 5) is 0. The standard InChI is InChI=1S/C62H64N6O2/c1-37-31-45(32-38(2)59(37)51-23-17-43-27-29-63-35-53(43)65-51)41-13-19-47(20-14-41)67(69)55-11-7-5-9-49(55)61-57(67)25-26-58-62(61)50-10-6-8-12-56(50)68(58,70)48-21-15-42(16-22-48)46-33-39(3)60(40(4)34-46)52-24-18-44-28-30-64-36-54(44)66-52/h5-16,19-22,25-26,31-34,43-44,51-54,63-66H,17-18,23-24,27-30,35-36H2,1-4H3. The van der Waals surface area contributed by atoms with E-state index in [4.69, 9.17) is 0 Å². The van der Waals surface area contributed by atoms with Gasteiger partial charge < -0.3 is 31.7 Å². The molecule has 8 atom stereocenters. The number of para-hydroxylation sites is 2. The molecule has 354 valence electrons. The molecule has 6 aliphatic rings. The lowest BCUT2D eigenvalue weighted by molar-refractivity contribution is 0.188. The van der Waals surface area contributed by atoms with Crippen LogP contribution in [0.3, 0.4) is 0 Å². The predicted molar refractivity (Wildman–Crippen MR) is 289 cm³/mol. The molecule has 0 radical (unpaired) electrons. The van der Waals surface area contributed by atoms with Crippen LogP contribution >= 0.6 is 0 Å². The zero-order chi connectivity index (χ0) is 47.5. The lowest BCUT2D eigenvalue weighted by atomic mass is 9.79. The molecule has 7 aromatic rings. The maximum absolute atomic E-state index is 16.0. The predicted octanol–water partition coefficient (Wildman–Crippen LogP) is 14.0. The van der Waals surface area contributed by atoms with Crippen LogP contribution in [0.2, 0.25) is 0 Å². The van der Waals surface area contributed by atoms with Crippen molar-refractivity contribution in [3.63, 3.8) is 0 Å². The molecule has 4 saturated heterocycles. The summed E-state index contributed by atoms with van der Waals surface area (Å²) in [6.45, 7) is 13.4. The third kappa shape index (κ3) is 6.80. The minimum Gasteiger partial charge on any atom is -0.616 e. The number of nitrogens with zero attached hydrogens (tertiary/aromatic N) is 2. The van der Waals surface area contributed by atoms with Gasteiger partial charge in [-0.1, -0.05) is 48.5 Å². The van der Waals surface area contributed by atoms with Crippen molar-refractivity contribution < 1.29 is 0 Å². The first-order valence-corrected chi connectivity index (χ1v) is 26.1. The van der Waals surface area contributed by atoms with Gasteiger partial charge in [-0.25, -0.2) is 0 Å². The van der Waals surface area contributed by atoms with E-state index in [0.29, 0.717) is 58.3 Å². The van der Waals surface area contributed by atoms with Crippen LogP contribution in [0.4, 0.5) is 34.1 Å². The number of piperidine rings is 4. The van der Waals surface area contributed by atoms with Crippen molar-refractivity contribution in [1.82, 2.24) is 30.6 Å². The first kappa shape index (κ1) is 44.2. The van der Waals surface area contributed by atoms with Gasteiger partial charge in [0.05, 0.1) is 22.3 Å². The highest BCUT2D eigenvalue weighted by molar-refractivity contribution is 6.13. The molecule has 4 fully saturated rings. The van der Waals surface area contributed by atoms with Crippen molar-refractivity contribution >= 4 is 34.1 Å². The largest absolute Gasteiger partial charge is 0.616 e. The summed E-state index contributed by atoms with van der Waals surface area (Å²) in [7, 11) is 0. The summed E-state index contributed by atoms with van der Waals surface area (Å²) in [6, 6.07) is 47.4. The van der Waals surface area contributed by atoms with E-state index in [1.807, 2.05) is 72.8 Å². The number of rotatable bonds is 6. The summed E-state index contributed by atoms with van der Waals surface area (Å²) >= 11 is 0. The average Bonchev–Trinajstić information content (AvgIpc) is 3.81. The van der Waals surface area contributed by atoms with E-state index in [9.17, 15) is 0 Å². The molecule has 8 unspecified atom stereocenters. The quantitative estimate of drug-likeness (QED) is 0.0981. The van der Waals surface area contributed by atoms with Crippen LogP contribution in [-0.4, -0.2) is 38.3 Å². The first-order valence-electron chi connectivity index (χ1n) is 26.1. The van der Waals surface area contributed by atoms with Crippen LogP contribution in [0.25, 0.3) is 44.5 Å². The molecule has 8 nitrogen and oxygen atoms in total. The second-order valence-corrected chi connectivity index (χ2v) is 21.6. The number of benzene rings is 7. The number of hydrogen-bond donors (Lipinski definition) is 4. The summed E-state index contributed by atoms with van der Waals surface area (Å²) in [5, 5.41) is 47.2. The van der Waals surface area contributed by atoms with Crippen LogP contribution in [0.5, 0.6) is 0 Å². The highest BCUT2D eigenvalue weighted by atomic mass is 16.6. The SMILES string of the molecule is Cc1cc(-c2ccc([N+]3([O-])c4ccccc4-c4c3ccc3c4-c4ccccc4[N+]3([O-])c3ccc(-c4cc(C)c(C5CCC6CCNCC6N5)c(C)c4)cc3)cc2)cc(C)c1C1CCC2CCNCC2N1. The Morgan fingerprint density at radius 2 is 0.800 bits per heavy atom. The fraction of sp³-hybridized carbons (Fsp3) is 0.323. The molecular weight excluding hydrogens is 861 g/mol. The molecule has 70 heavy (non-hydrogen) atoms. The molecule has 0 spiro atoms. The Labute approximate surface area is 413 Å². The molecule has 13 rings (SSSR count). The summed E-state index contributed by atoms with van der Waals surface area (Å²) in [6.07, 6.45) is 7.43. The van der Waals surface area contributed by atoms with Gasteiger partial charge in [0, 0.05) is 85.8 Å². The van der Waals surface area contributed by atoms with E-state index in [0.717, 1.165) is 82.5 Å². The van der Waals surface area contributed by atoms with Gasteiger partial charge in [-0.15, -0.1) is 0 Å². The molecule has 0 bridgehead atoms. The Morgan fingerprint density at radius 3 is 1.20 bits per heavy atom. The van der Waals surface area contributed by atoms with E-state index in [1.54, 1.807) is 0 Å². The monoisotopic (exact) mass is 925 g/mol. The lowest BCUT2D eigenvalue weighted by Gasteiger charge is -2.41. The zero-order valence-corrected chi connectivity index (χ0v) is 40.9. The van der Waals surface area contributed by atoms with Crippen LogP contribution in [0.1, 0.15) is 84.0 Å². The van der Waals surface area contributed by atoms with Crippen molar-refractivity contribution in [2.45, 2.75) is 90.4 Å². The third-order valence-corrected chi connectivity index (χ3v) is 17.6. The fourth-order valence-corrected chi connectivity index (χ4v) is 14.3. The number of nitrogens with one attached hydrogen (secondary N) is 4. The molecule has 0 aromatic heterocycles. The minimum atomic E-state index is -0.733. The van der Waals surface area contributed by atoms with Gasteiger partial charge >= 0.3 is 0 Å². The molecule has 6 aliphatic heterocycles. The van der Waals surface area contributed by atoms with Crippen LogP contribution in [-0.2, 0) is 0 Å². The smallest absolute Gasteiger partial charge is 0.152 e. The van der Waals surface area contributed by atoms with Crippen LogP contribution in [0, 0.1) is 49.9 Å². The third-order valence-electron chi connectivity index (χ3n) is 17.6. The molecular formula is C62H64N6O2. The summed E-state index contributed by atoms with van der Waals surface area (Å²) < 4.78 is -1.47. The molecule has 6 heterocycles. The maximum Gasteiger partial charge on any atom is 0.152 e. The number of aryl methyl sites for hydroxylation is 4. The van der Waals surface area contributed by atoms with Crippen LogP contribution in [0.15, 0.2) is 133 Å². The van der Waals surface area contributed by atoms with Gasteiger partial charge in [0.25, 0.3) is 0 Å². The van der Waals surface area contributed by atoms with Crippen molar-refractivity contribution in [2.75, 3.05) is 26.2 Å². The van der Waals surface area contributed by atoms with E-state index in [2.05, 4.69) is 110 Å². The van der Waals surface area contributed by atoms with E-state index in [1.165, 1.54) is 71.9 Å². The number of quaternary nitrogens is 2. The topological polar surface area (TPSA) is 94.2 Å². The Morgan fingerprint density at radius 1 is 0.414 bits per heavy atom. The second kappa shape index (κ2) is 16.9. The highest BCUT2D eigenvalue weighted by Crippen LogP contribution is 2.66. The van der Waals surface area contributed by atoms with Crippen molar-refractivity contribution in [1.29, 1.82) is 0 Å². The fourth-order valence-electron chi connectivity index (χ4n) is 14.3. The van der Waals surface area contributed by atoms with Gasteiger partial charge in [-0.3, -0.25) is 9.29 Å². The van der Waals surface area contributed by atoms with Gasteiger partial charge in [-0.2, -0.15) is 0 Å². The van der Waals surface area contributed by atoms with Gasteiger partial charge in [-0.05, 0) is 183 Å².